The van der Waals surface area contributed by atoms with E-state index in [0.29, 0.717) is 11.4 Å². The van der Waals surface area contributed by atoms with E-state index in [-0.39, 0.29) is 5.91 Å². The molecule has 0 atom stereocenters. The summed E-state index contributed by atoms with van der Waals surface area (Å²) in [7, 11) is 1.64. The lowest BCUT2D eigenvalue weighted by Gasteiger charge is -2.14. The third-order valence-corrected chi connectivity index (χ3v) is 5.02. The van der Waals surface area contributed by atoms with Crippen LogP contribution < -0.4 is 4.74 Å². The van der Waals surface area contributed by atoms with E-state index in [1.807, 2.05) is 60.7 Å². The van der Waals surface area contributed by atoms with Crippen LogP contribution in [0.3, 0.4) is 0 Å². The van der Waals surface area contributed by atoms with E-state index in [1.165, 1.54) is 11.8 Å². The molecule has 1 aliphatic heterocycles. The number of ether oxygens (including phenoxy) is 1. The van der Waals surface area contributed by atoms with Crippen molar-refractivity contribution in [3.05, 3.63) is 65.1 Å². The first-order valence-electron chi connectivity index (χ1n) is 8.70. The molecule has 0 saturated carbocycles. The molecule has 0 radical (unpaired) electrons. The number of benzene rings is 2. The Kier molecular flexibility index (Phi) is 6.12. The Morgan fingerprint density at radius 1 is 1.12 bits per heavy atom. The van der Waals surface area contributed by atoms with E-state index in [4.69, 9.17) is 4.74 Å². The predicted molar refractivity (Wildman–Crippen MR) is 109 cm³/mol. The Balaban J connectivity index is 1.89. The Hall–Kier alpha value is -2.53. The molecule has 0 aromatic heterocycles. The second-order valence-electron chi connectivity index (χ2n) is 5.92. The van der Waals surface area contributed by atoms with Crippen LogP contribution in [0.5, 0.6) is 5.75 Å². The molecular weight excluding hydrogens is 344 g/mol. The van der Waals surface area contributed by atoms with Crippen LogP contribution in [0.1, 0.15) is 25.3 Å². The molecule has 5 heteroatoms. The second kappa shape index (κ2) is 8.72. The molecule has 0 N–H and O–H groups in total. The van der Waals surface area contributed by atoms with Gasteiger partial charge in [-0.25, -0.2) is 4.99 Å². The number of carbonyl (C=O) groups excluding carboxylic acids is 1. The monoisotopic (exact) mass is 366 g/mol. The number of hydrogen-bond acceptors (Lipinski definition) is 4. The van der Waals surface area contributed by atoms with Gasteiger partial charge in [0.05, 0.1) is 17.7 Å². The summed E-state index contributed by atoms with van der Waals surface area (Å²) in [5, 5.41) is 0.745. The number of para-hydroxylation sites is 1. The molecule has 1 heterocycles. The number of methoxy groups -OCH3 is 1. The molecule has 0 aliphatic carbocycles. The molecule has 2 aromatic rings. The van der Waals surface area contributed by atoms with Gasteiger partial charge in [0.15, 0.2) is 5.17 Å². The zero-order chi connectivity index (χ0) is 18.4. The van der Waals surface area contributed by atoms with E-state index in [2.05, 4.69) is 11.9 Å². The maximum atomic E-state index is 12.9. The highest BCUT2D eigenvalue weighted by atomic mass is 32.2. The van der Waals surface area contributed by atoms with E-state index in [9.17, 15) is 4.79 Å². The lowest BCUT2D eigenvalue weighted by Crippen LogP contribution is -2.30. The van der Waals surface area contributed by atoms with Crippen molar-refractivity contribution in [3.8, 4) is 5.75 Å². The maximum Gasteiger partial charge on any atom is 0.266 e. The van der Waals surface area contributed by atoms with Crippen LogP contribution in [0.2, 0.25) is 0 Å². The topological polar surface area (TPSA) is 41.9 Å². The number of aliphatic imine (C=N–C) groups is 1. The van der Waals surface area contributed by atoms with E-state index >= 15 is 0 Å². The molecule has 0 unspecified atom stereocenters. The Bertz CT molecular complexity index is 814. The molecule has 1 saturated heterocycles. The lowest BCUT2D eigenvalue weighted by atomic mass is 10.2. The highest BCUT2D eigenvalue weighted by Crippen LogP contribution is 2.34. The molecule has 0 bridgehead atoms. The van der Waals surface area contributed by atoms with Crippen molar-refractivity contribution in [1.29, 1.82) is 0 Å². The molecule has 134 valence electrons. The summed E-state index contributed by atoms with van der Waals surface area (Å²) in [6.07, 6.45) is 3.90. The van der Waals surface area contributed by atoms with Crippen molar-refractivity contribution in [2.75, 3.05) is 13.7 Å². The fourth-order valence-electron chi connectivity index (χ4n) is 2.57. The fraction of sp³-hybridized carbons (Fsp3) is 0.238. The zero-order valence-corrected chi connectivity index (χ0v) is 15.8. The van der Waals surface area contributed by atoms with E-state index in [1.54, 1.807) is 12.0 Å². The highest BCUT2D eigenvalue weighted by molar-refractivity contribution is 8.18. The quantitative estimate of drug-likeness (QED) is 0.668. The lowest BCUT2D eigenvalue weighted by molar-refractivity contribution is -0.122. The Morgan fingerprint density at radius 3 is 2.50 bits per heavy atom. The number of unbranched alkanes of at least 4 members (excludes halogenated alkanes) is 1. The fourth-order valence-corrected chi connectivity index (χ4v) is 3.59. The minimum absolute atomic E-state index is 0.0222. The van der Waals surface area contributed by atoms with Crippen molar-refractivity contribution in [2.24, 2.45) is 4.99 Å². The van der Waals surface area contributed by atoms with Crippen LogP contribution in [-0.2, 0) is 4.79 Å². The van der Waals surface area contributed by atoms with Gasteiger partial charge in [-0.2, -0.15) is 0 Å². The number of nitrogens with zero attached hydrogens (tertiary/aromatic N) is 2. The van der Waals surface area contributed by atoms with Gasteiger partial charge in [-0.3, -0.25) is 9.69 Å². The summed E-state index contributed by atoms with van der Waals surface area (Å²) in [4.78, 5) is 20.0. The number of hydrogen-bond donors (Lipinski definition) is 0. The number of rotatable bonds is 6. The molecule has 1 amide bonds. The Morgan fingerprint density at radius 2 is 1.85 bits per heavy atom. The summed E-state index contributed by atoms with van der Waals surface area (Å²) in [5.74, 6) is 0.822. The molecule has 1 fully saturated rings. The maximum absolute atomic E-state index is 12.9. The van der Waals surface area contributed by atoms with Gasteiger partial charge in [-0.05, 0) is 54.1 Å². The van der Waals surface area contributed by atoms with Gasteiger partial charge in [0.2, 0.25) is 0 Å². The second-order valence-corrected chi connectivity index (χ2v) is 6.93. The normalized spacial score (nSPS) is 17.3. The van der Waals surface area contributed by atoms with Gasteiger partial charge in [0, 0.05) is 6.54 Å². The molecule has 2 aromatic carbocycles. The average Bonchev–Trinajstić information content (AvgIpc) is 2.96. The third-order valence-electron chi connectivity index (χ3n) is 4.02. The first-order valence-corrected chi connectivity index (χ1v) is 9.52. The van der Waals surface area contributed by atoms with Crippen LogP contribution in [-0.4, -0.2) is 29.6 Å². The largest absolute Gasteiger partial charge is 0.497 e. The van der Waals surface area contributed by atoms with Gasteiger partial charge < -0.3 is 4.74 Å². The van der Waals surface area contributed by atoms with Crippen LogP contribution in [0.15, 0.2) is 64.5 Å². The van der Waals surface area contributed by atoms with Crippen molar-refractivity contribution < 1.29 is 9.53 Å². The summed E-state index contributed by atoms with van der Waals surface area (Å²) < 4.78 is 5.18. The first-order chi connectivity index (χ1) is 12.7. The molecular formula is C21H22N2O2S. The van der Waals surface area contributed by atoms with Crippen molar-refractivity contribution >= 4 is 34.6 Å². The average molecular weight is 366 g/mol. The van der Waals surface area contributed by atoms with Gasteiger partial charge in [0.1, 0.15) is 5.75 Å². The van der Waals surface area contributed by atoms with E-state index in [0.717, 1.165) is 35.0 Å². The number of amidine groups is 1. The highest BCUT2D eigenvalue weighted by Gasteiger charge is 2.32. The van der Waals surface area contributed by atoms with Crippen LogP contribution in [0, 0.1) is 0 Å². The molecule has 4 nitrogen and oxygen atoms in total. The smallest absolute Gasteiger partial charge is 0.266 e. The predicted octanol–water partition coefficient (Wildman–Crippen LogP) is 5.10. The Labute approximate surface area is 158 Å². The number of amides is 1. The van der Waals surface area contributed by atoms with Crippen molar-refractivity contribution in [2.45, 2.75) is 19.8 Å². The molecule has 3 rings (SSSR count). The summed E-state index contributed by atoms with van der Waals surface area (Å²) >= 11 is 1.43. The summed E-state index contributed by atoms with van der Waals surface area (Å²) in [6.45, 7) is 2.81. The van der Waals surface area contributed by atoms with Crippen LogP contribution in [0.4, 0.5) is 5.69 Å². The van der Waals surface area contributed by atoms with Gasteiger partial charge in [-0.1, -0.05) is 43.7 Å². The molecule has 0 spiro atoms. The summed E-state index contributed by atoms with van der Waals surface area (Å²) in [5.41, 5.74) is 1.83. The van der Waals surface area contributed by atoms with Gasteiger partial charge >= 0.3 is 0 Å². The SMILES string of the molecule is CCCCN1C(=O)C(=Cc2ccc(OC)cc2)SC1=Nc1ccccc1. The number of thioether (sulfide) groups is 1. The minimum atomic E-state index is 0.0222. The molecule has 26 heavy (non-hydrogen) atoms. The minimum Gasteiger partial charge on any atom is -0.497 e. The third kappa shape index (κ3) is 4.35. The first kappa shape index (κ1) is 18.3. The molecule has 1 aliphatic rings. The van der Waals surface area contributed by atoms with Crippen molar-refractivity contribution in [1.82, 2.24) is 4.90 Å². The zero-order valence-electron chi connectivity index (χ0n) is 15.0. The number of carbonyl (C=O) groups is 1. The summed E-state index contributed by atoms with van der Waals surface area (Å²) in [6, 6.07) is 17.4. The standard InChI is InChI=1S/C21H22N2O2S/c1-3-4-14-23-20(24)19(15-16-10-12-18(25-2)13-11-16)26-21(23)22-17-8-6-5-7-9-17/h5-13,15H,3-4,14H2,1-2H3. The van der Waals surface area contributed by atoms with Crippen molar-refractivity contribution in [3.63, 3.8) is 0 Å². The van der Waals surface area contributed by atoms with E-state index < -0.39 is 0 Å². The van der Waals surface area contributed by atoms with Gasteiger partial charge in [-0.15, -0.1) is 0 Å². The van der Waals surface area contributed by atoms with Crippen LogP contribution >= 0.6 is 11.8 Å². The van der Waals surface area contributed by atoms with Gasteiger partial charge in [0.25, 0.3) is 5.91 Å². The van der Waals surface area contributed by atoms with Crippen LogP contribution in [0.25, 0.3) is 6.08 Å².